The Morgan fingerprint density at radius 3 is 3.00 bits per heavy atom. The highest BCUT2D eigenvalue weighted by molar-refractivity contribution is 5.53. The van der Waals surface area contributed by atoms with Crippen molar-refractivity contribution in [3.8, 4) is 6.07 Å². The maximum Gasteiger partial charge on any atom is 0.146 e. The molecule has 0 spiro atoms. The summed E-state index contributed by atoms with van der Waals surface area (Å²) in [6.45, 7) is 5.08. The Balaban J connectivity index is 2.22. The molecule has 2 rings (SSSR count). The van der Waals surface area contributed by atoms with Crippen molar-refractivity contribution < 1.29 is 0 Å². The van der Waals surface area contributed by atoms with Crippen molar-refractivity contribution in [2.24, 2.45) is 0 Å². The van der Waals surface area contributed by atoms with Gasteiger partial charge in [0, 0.05) is 31.9 Å². The highest BCUT2D eigenvalue weighted by Crippen LogP contribution is 2.19. The number of anilines is 1. The molecule has 1 aliphatic heterocycles. The summed E-state index contributed by atoms with van der Waals surface area (Å²) in [5.74, 6) is 0.824. The third-order valence-corrected chi connectivity index (χ3v) is 3.17. The predicted octanol–water partition coefficient (Wildman–Crippen LogP) is 1.09. The van der Waals surface area contributed by atoms with Crippen molar-refractivity contribution in [2.75, 3.05) is 31.6 Å². The predicted molar refractivity (Wildman–Crippen MR) is 63.3 cm³/mol. The Kier molecular flexibility index (Phi) is 3.07. The monoisotopic (exact) mass is 216 g/mol. The van der Waals surface area contributed by atoms with Gasteiger partial charge in [0.1, 0.15) is 11.9 Å². The number of likely N-dealkylation sites (N-methyl/N-ethyl adjacent to an activating group) is 1. The molecule has 1 atom stereocenters. The highest BCUT2D eigenvalue weighted by Gasteiger charge is 2.22. The molecular formula is C12H16N4. The molecule has 0 aromatic carbocycles. The van der Waals surface area contributed by atoms with E-state index >= 15 is 0 Å². The van der Waals surface area contributed by atoms with Crippen LogP contribution in [0, 0.1) is 11.3 Å². The Bertz CT molecular complexity index is 410. The first-order valence-electron chi connectivity index (χ1n) is 5.52. The zero-order valence-corrected chi connectivity index (χ0v) is 9.72. The summed E-state index contributed by atoms with van der Waals surface area (Å²) in [6, 6.07) is 6.34. The minimum atomic E-state index is 0.502. The third-order valence-electron chi connectivity index (χ3n) is 3.17. The van der Waals surface area contributed by atoms with Crippen LogP contribution in [0.2, 0.25) is 0 Å². The number of nitrogens with zero attached hydrogens (tertiary/aromatic N) is 4. The molecule has 0 saturated carbocycles. The van der Waals surface area contributed by atoms with Crippen LogP contribution in [0.25, 0.3) is 0 Å². The molecule has 0 bridgehead atoms. The molecule has 4 nitrogen and oxygen atoms in total. The largest absolute Gasteiger partial charge is 0.353 e. The molecule has 1 fully saturated rings. The van der Waals surface area contributed by atoms with Crippen LogP contribution in [0.3, 0.4) is 0 Å². The van der Waals surface area contributed by atoms with Crippen LogP contribution >= 0.6 is 0 Å². The van der Waals surface area contributed by atoms with Gasteiger partial charge in [-0.25, -0.2) is 4.98 Å². The van der Waals surface area contributed by atoms with Crippen molar-refractivity contribution in [1.29, 1.82) is 5.26 Å². The number of aromatic nitrogens is 1. The van der Waals surface area contributed by atoms with Crippen LogP contribution in [0.15, 0.2) is 18.3 Å². The van der Waals surface area contributed by atoms with Gasteiger partial charge in [0.15, 0.2) is 0 Å². The van der Waals surface area contributed by atoms with E-state index in [1.807, 2.05) is 12.1 Å². The average Bonchev–Trinajstić information content (AvgIpc) is 2.32. The number of rotatable bonds is 1. The van der Waals surface area contributed by atoms with Crippen molar-refractivity contribution in [3.05, 3.63) is 23.9 Å². The minimum Gasteiger partial charge on any atom is -0.353 e. The maximum absolute atomic E-state index is 9.04. The normalized spacial score (nSPS) is 21.8. The fraction of sp³-hybridized carbons (Fsp3) is 0.500. The van der Waals surface area contributed by atoms with Gasteiger partial charge in [-0.1, -0.05) is 0 Å². The quantitative estimate of drug-likeness (QED) is 0.705. The fourth-order valence-corrected chi connectivity index (χ4v) is 1.98. The molecule has 1 saturated heterocycles. The smallest absolute Gasteiger partial charge is 0.146 e. The van der Waals surface area contributed by atoms with Gasteiger partial charge in [0.05, 0.1) is 5.56 Å². The molecule has 2 heterocycles. The Hall–Kier alpha value is -1.60. The van der Waals surface area contributed by atoms with E-state index in [4.69, 9.17) is 5.26 Å². The van der Waals surface area contributed by atoms with Crippen LogP contribution in [-0.2, 0) is 0 Å². The number of hydrogen-bond donors (Lipinski definition) is 0. The molecule has 0 unspecified atom stereocenters. The van der Waals surface area contributed by atoms with E-state index in [1.165, 1.54) is 0 Å². The lowest BCUT2D eigenvalue weighted by molar-refractivity contribution is 0.233. The summed E-state index contributed by atoms with van der Waals surface area (Å²) in [4.78, 5) is 8.84. The van der Waals surface area contributed by atoms with E-state index in [9.17, 15) is 0 Å². The van der Waals surface area contributed by atoms with E-state index in [0.29, 0.717) is 11.6 Å². The van der Waals surface area contributed by atoms with Crippen LogP contribution < -0.4 is 4.90 Å². The molecule has 0 N–H and O–H groups in total. The summed E-state index contributed by atoms with van der Waals surface area (Å²) >= 11 is 0. The van der Waals surface area contributed by atoms with Gasteiger partial charge >= 0.3 is 0 Å². The number of piperazine rings is 1. The molecule has 4 heteroatoms. The molecule has 1 aromatic rings. The van der Waals surface area contributed by atoms with Gasteiger partial charge in [0.2, 0.25) is 0 Å². The fourth-order valence-electron chi connectivity index (χ4n) is 1.98. The maximum atomic E-state index is 9.04. The van der Waals surface area contributed by atoms with Crippen LogP contribution in [-0.4, -0.2) is 42.6 Å². The average molecular weight is 216 g/mol. The minimum absolute atomic E-state index is 0.502. The van der Waals surface area contributed by atoms with Crippen LogP contribution in [0.1, 0.15) is 12.5 Å². The molecule has 1 aromatic heterocycles. The van der Waals surface area contributed by atoms with Crippen molar-refractivity contribution >= 4 is 5.82 Å². The van der Waals surface area contributed by atoms with Gasteiger partial charge < -0.3 is 9.80 Å². The van der Waals surface area contributed by atoms with Crippen molar-refractivity contribution in [3.63, 3.8) is 0 Å². The summed E-state index contributed by atoms with van der Waals surface area (Å²) in [6.07, 6.45) is 1.75. The molecule has 84 valence electrons. The van der Waals surface area contributed by atoms with E-state index in [0.717, 1.165) is 25.5 Å². The Labute approximate surface area is 96.1 Å². The molecule has 0 aliphatic carbocycles. The highest BCUT2D eigenvalue weighted by atomic mass is 15.3. The Morgan fingerprint density at radius 2 is 2.31 bits per heavy atom. The zero-order chi connectivity index (χ0) is 11.5. The van der Waals surface area contributed by atoms with Crippen molar-refractivity contribution in [2.45, 2.75) is 13.0 Å². The second-order valence-electron chi connectivity index (χ2n) is 4.26. The van der Waals surface area contributed by atoms with Gasteiger partial charge in [0.25, 0.3) is 0 Å². The second kappa shape index (κ2) is 4.50. The van der Waals surface area contributed by atoms with E-state index in [1.54, 1.807) is 6.20 Å². The summed E-state index contributed by atoms with van der Waals surface area (Å²) in [5.41, 5.74) is 0.666. The van der Waals surface area contributed by atoms with E-state index < -0.39 is 0 Å². The molecular weight excluding hydrogens is 200 g/mol. The molecule has 16 heavy (non-hydrogen) atoms. The first kappa shape index (κ1) is 10.9. The molecule has 0 amide bonds. The Morgan fingerprint density at radius 1 is 1.50 bits per heavy atom. The third kappa shape index (κ3) is 2.00. The first-order chi connectivity index (χ1) is 7.72. The lowest BCUT2D eigenvalue weighted by atomic mass is 10.2. The van der Waals surface area contributed by atoms with Gasteiger partial charge in [-0.05, 0) is 26.1 Å². The summed E-state index contributed by atoms with van der Waals surface area (Å²) < 4.78 is 0. The summed E-state index contributed by atoms with van der Waals surface area (Å²) in [7, 11) is 2.13. The molecule has 1 aliphatic rings. The van der Waals surface area contributed by atoms with Gasteiger partial charge in [-0.2, -0.15) is 5.26 Å². The number of hydrogen-bond acceptors (Lipinski definition) is 4. The summed E-state index contributed by atoms with van der Waals surface area (Å²) in [5, 5.41) is 9.04. The van der Waals surface area contributed by atoms with Crippen molar-refractivity contribution in [1.82, 2.24) is 9.88 Å². The van der Waals surface area contributed by atoms with Gasteiger partial charge in [-0.15, -0.1) is 0 Å². The number of nitriles is 1. The van der Waals surface area contributed by atoms with Crippen LogP contribution in [0.5, 0.6) is 0 Å². The van der Waals surface area contributed by atoms with E-state index in [-0.39, 0.29) is 0 Å². The van der Waals surface area contributed by atoms with E-state index in [2.05, 4.69) is 34.8 Å². The standard InChI is InChI=1S/C12H16N4/c1-10-9-16(7-6-15(10)2)12-11(8-13)4-3-5-14-12/h3-5,10H,6-7,9H2,1-2H3/t10-/m0/s1. The topological polar surface area (TPSA) is 43.2 Å². The van der Waals surface area contributed by atoms with Gasteiger partial charge in [-0.3, -0.25) is 0 Å². The zero-order valence-electron chi connectivity index (χ0n) is 9.72. The van der Waals surface area contributed by atoms with Crippen LogP contribution in [0.4, 0.5) is 5.82 Å². The molecule has 0 radical (unpaired) electrons. The number of pyridine rings is 1. The second-order valence-corrected chi connectivity index (χ2v) is 4.26. The lowest BCUT2D eigenvalue weighted by Crippen LogP contribution is -2.50. The SMILES string of the molecule is C[C@H]1CN(c2ncccc2C#N)CCN1C. The first-order valence-corrected chi connectivity index (χ1v) is 5.52. The lowest BCUT2D eigenvalue weighted by Gasteiger charge is -2.38.